The first-order valence-electron chi connectivity index (χ1n) is 7.35. The average Bonchev–Trinajstić information content (AvgIpc) is 2.59. The molecule has 3 rings (SSSR count). The molecule has 25 heavy (non-hydrogen) atoms. The van der Waals surface area contributed by atoms with Gasteiger partial charge in [0.25, 0.3) is 0 Å². The van der Waals surface area contributed by atoms with E-state index >= 15 is 0 Å². The Hall–Kier alpha value is -2.44. The SMILES string of the molecule is CS(=O)(=O)c1ccc(Cl)c(C(=O)OCc2cccc3cccnc23)c1. The predicted molar refractivity (Wildman–Crippen MR) is 95.4 cm³/mol. The van der Waals surface area contributed by atoms with Crippen LogP contribution in [-0.4, -0.2) is 25.6 Å². The maximum absolute atomic E-state index is 12.3. The molecule has 0 fully saturated rings. The number of rotatable bonds is 4. The molecule has 1 heterocycles. The fourth-order valence-corrected chi connectivity index (χ4v) is 3.24. The van der Waals surface area contributed by atoms with Gasteiger partial charge in [-0.25, -0.2) is 13.2 Å². The lowest BCUT2D eigenvalue weighted by atomic mass is 10.1. The van der Waals surface area contributed by atoms with E-state index in [9.17, 15) is 13.2 Å². The van der Waals surface area contributed by atoms with Crippen LogP contribution in [-0.2, 0) is 21.2 Å². The number of para-hydroxylation sites is 1. The molecular formula is C18H14ClNO4S. The molecule has 0 radical (unpaired) electrons. The number of esters is 1. The van der Waals surface area contributed by atoms with E-state index in [0.717, 1.165) is 22.7 Å². The molecule has 1 aromatic heterocycles. The third-order valence-corrected chi connectivity index (χ3v) is 5.10. The number of pyridine rings is 1. The minimum atomic E-state index is -3.45. The number of carbonyl (C=O) groups is 1. The van der Waals surface area contributed by atoms with Crippen LogP contribution >= 0.6 is 11.6 Å². The van der Waals surface area contributed by atoms with E-state index in [0.29, 0.717) is 0 Å². The summed E-state index contributed by atoms with van der Waals surface area (Å²) in [6.45, 7) is 0.00657. The molecule has 0 spiro atoms. The molecule has 2 aromatic carbocycles. The fourth-order valence-electron chi connectivity index (χ4n) is 2.40. The van der Waals surface area contributed by atoms with Gasteiger partial charge >= 0.3 is 5.97 Å². The number of carbonyl (C=O) groups excluding carboxylic acids is 1. The van der Waals surface area contributed by atoms with Crippen molar-refractivity contribution < 1.29 is 17.9 Å². The summed E-state index contributed by atoms with van der Waals surface area (Å²) in [5, 5.41) is 1.07. The maximum Gasteiger partial charge on any atom is 0.340 e. The van der Waals surface area contributed by atoms with Crippen molar-refractivity contribution in [2.24, 2.45) is 0 Å². The van der Waals surface area contributed by atoms with Crippen LogP contribution < -0.4 is 0 Å². The molecule has 0 saturated heterocycles. The predicted octanol–water partition coefficient (Wildman–Crippen LogP) is 3.65. The number of nitrogens with zero attached hydrogens (tertiary/aromatic N) is 1. The van der Waals surface area contributed by atoms with E-state index in [1.54, 1.807) is 6.20 Å². The largest absolute Gasteiger partial charge is 0.457 e. The van der Waals surface area contributed by atoms with Gasteiger partial charge in [0.15, 0.2) is 9.84 Å². The van der Waals surface area contributed by atoms with Crippen molar-refractivity contribution in [1.29, 1.82) is 0 Å². The molecular weight excluding hydrogens is 362 g/mol. The lowest BCUT2D eigenvalue weighted by molar-refractivity contribution is 0.0474. The van der Waals surface area contributed by atoms with Crippen molar-refractivity contribution in [3.05, 3.63) is 70.9 Å². The Morgan fingerprint density at radius 1 is 1.16 bits per heavy atom. The molecule has 3 aromatic rings. The molecule has 0 saturated carbocycles. The second kappa shape index (κ2) is 6.82. The van der Waals surface area contributed by atoms with Crippen LogP contribution in [0.3, 0.4) is 0 Å². The fraction of sp³-hybridized carbons (Fsp3) is 0.111. The number of sulfone groups is 1. The van der Waals surface area contributed by atoms with Gasteiger partial charge in [-0.1, -0.05) is 35.9 Å². The van der Waals surface area contributed by atoms with Gasteiger partial charge in [0.1, 0.15) is 6.61 Å². The molecule has 0 aliphatic carbocycles. The van der Waals surface area contributed by atoms with Crippen molar-refractivity contribution in [1.82, 2.24) is 4.98 Å². The van der Waals surface area contributed by atoms with Crippen LogP contribution in [0.25, 0.3) is 10.9 Å². The molecule has 0 aliphatic heterocycles. The van der Waals surface area contributed by atoms with Gasteiger partial charge in [-0.15, -0.1) is 0 Å². The van der Waals surface area contributed by atoms with Gasteiger partial charge < -0.3 is 4.74 Å². The van der Waals surface area contributed by atoms with Crippen LogP contribution in [0, 0.1) is 0 Å². The zero-order valence-electron chi connectivity index (χ0n) is 13.3. The highest BCUT2D eigenvalue weighted by molar-refractivity contribution is 7.90. The van der Waals surface area contributed by atoms with Crippen molar-refractivity contribution in [3.8, 4) is 0 Å². The van der Waals surface area contributed by atoms with E-state index in [1.165, 1.54) is 18.2 Å². The molecule has 0 aliphatic rings. The third-order valence-electron chi connectivity index (χ3n) is 3.66. The highest BCUT2D eigenvalue weighted by Crippen LogP contribution is 2.23. The number of benzene rings is 2. The van der Waals surface area contributed by atoms with Crippen molar-refractivity contribution in [3.63, 3.8) is 0 Å². The molecule has 0 amide bonds. The standard InChI is InChI=1S/C18H14ClNO4S/c1-25(22,23)14-7-8-16(19)15(10-14)18(21)24-11-13-5-2-4-12-6-3-9-20-17(12)13/h2-10H,11H2,1H3. The quantitative estimate of drug-likeness (QED) is 0.651. The van der Waals surface area contributed by atoms with Crippen LogP contribution in [0.4, 0.5) is 0 Å². The molecule has 0 bridgehead atoms. The number of fused-ring (bicyclic) bond motifs is 1. The summed E-state index contributed by atoms with van der Waals surface area (Å²) >= 11 is 6.01. The number of hydrogen-bond donors (Lipinski definition) is 0. The van der Waals surface area contributed by atoms with Gasteiger partial charge in [-0.05, 0) is 24.3 Å². The summed E-state index contributed by atoms with van der Waals surface area (Å²) < 4.78 is 28.6. The van der Waals surface area contributed by atoms with Crippen LogP contribution in [0.2, 0.25) is 5.02 Å². The Morgan fingerprint density at radius 3 is 2.68 bits per heavy atom. The average molecular weight is 376 g/mol. The van der Waals surface area contributed by atoms with Gasteiger partial charge in [0, 0.05) is 23.4 Å². The van der Waals surface area contributed by atoms with Crippen molar-refractivity contribution >= 4 is 38.3 Å². The first-order chi connectivity index (χ1) is 11.9. The highest BCUT2D eigenvalue weighted by atomic mass is 35.5. The van der Waals surface area contributed by atoms with Gasteiger partial charge in [0.05, 0.1) is 21.0 Å². The molecule has 0 unspecified atom stereocenters. The smallest absolute Gasteiger partial charge is 0.340 e. The Morgan fingerprint density at radius 2 is 1.92 bits per heavy atom. The Balaban J connectivity index is 1.86. The Kier molecular flexibility index (Phi) is 4.74. The maximum atomic E-state index is 12.3. The van der Waals surface area contributed by atoms with E-state index in [4.69, 9.17) is 16.3 Å². The summed E-state index contributed by atoms with van der Waals surface area (Å²) in [4.78, 5) is 16.6. The Labute approximate surface area is 150 Å². The van der Waals surface area contributed by atoms with Crippen molar-refractivity contribution in [2.75, 3.05) is 6.26 Å². The van der Waals surface area contributed by atoms with E-state index in [-0.39, 0.29) is 22.1 Å². The molecule has 7 heteroatoms. The lowest BCUT2D eigenvalue weighted by Gasteiger charge is -2.09. The van der Waals surface area contributed by atoms with E-state index in [2.05, 4.69) is 4.98 Å². The third kappa shape index (κ3) is 3.81. The number of hydrogen-bond acceptors (Lipinski definition) is 5. The topological polar surface area (TPSA) is 73.3 Å². The van der Waals surface area contributed by atoms with E-state index in [1.807, 2.05) is 30.3 Å². The number of aromatic nitrogens is 1. The summed E-state index contributed by atoms with van der Waals surface area (Å²) in [6.07, 6.45) is 2.73. The first kappa shape index (κ1) is 17.4. The summed E-state index contributed by atoms with van der Waals surface area (Å²) in [5.74, 6) is -0.691. The van der Waals surface area contributed by atoms with Crippen molar-refractivity contribution in [2.45, 2.75) is 11.5 Å². The van der Waals surface area contributed by atoms with Crippen LogP contribution in [0.5, 0.6) is 0 Å². The van der Waals surface area contributed by atoms with E-state index < -0.39 is 15.8 Å². The lowest BCUT2D eigenvalue weighted by Crippen LogP contribution is -2.08. The minimum Gasteiger partial charge on any atom is -0.457 e. The zero-order valence-corrected chi connectivity index (χ0v) is 14.8. The highest BCUT2D eigenvalue weighted by Gasteiger charge is 2.17. The minimum absolute atomic E-state index is 0.00657. The monoisotopic (exact) mass is 375 g/mol. The second-order valence-electron chi connectivity index (χ2n) is 5.48. The summed E-state index contributed by atoms with van der Waals surface area (Å²) in [6, 6.07) is 13.3. The van der Waals surface area contributed by atoms with Gasteiger partial charge in [0.2, 0.25) is 0 Å². The van der Waals surface area contributed by atoms with Gasteiger partial charge in [-0.2, -0.15) is 0 Å². The normalized spacial score (nSPS) is 11.4. The van der Waals surface area contributed by atoms with Gasteiger partial charge in [-0.3, -0.25) is 4.98 Å². The molecule has 0 atom stereocenters. The zero-order chi connectivity index (χ0) is 18.0. The molecule has 5 nitrogen and oxygen atoms in total. The first-order valence-corrected chi connectivity index (χ1v) is 9.62. The molecule has 128 valence electrons. The Bertz CT molecular complexity index is 1060. The molecule has 0 N–H and O–H groups in total. The van der Waals surface area contributed by atoms with Crippen LogP contribution in [0.15, 0.2) is 59.6 Å². The number of ether oxygens (including phenoxy) is 1. The summed E-state index contributed by atoms with van der Waals surface area (Å²) in [5.41, 5.74) is 1.51. The second-order valence-corrected chi connectivity index (χ2v) is 7.91. The summed E-state index contributed by atoms with van der Waals surface area (Å²) in [7, 11) is -3.45. The number of halogens is 1. The van der Waals surface area contributed by atoms with Crippen LogP contribution in [0.1, 0.15) is 15.9 Å².